The van der Waals surface area contributed by atoms with Crippen LogP contribution in [0.5, 0.6) is 0 Å². The summed E-state index contributed by atoms with van der Waals surface area (Å²) in [6, 6.07) is 0. The van der Waals surface area contributed by atoms with Gasteiger partial charge in [-0.05, 0) is 0 Å². The van der Waals surface area contributed by atoms with Crippen LogP contribution in [0.4, 0.5) is 0 Å². The van der Waals surface area contributed by atoms with Gasteiger partial charge in [-0.3, -0.25) is 0 Å². The van der Waals surface area contributed by atoms with Crippen LogP contribution < -0.4 is 0 Å². The maximum atomic E-state index is 2.60. The van der Waals surface area contributed by atoms with Crippen molar-refractivity contribution in [1.29, 1.82) is 0 Å². The van der Waals surface area contributed by atoms with Gasteiger partial charge in [-0.15, -0.1) is 0 Å². The fraction of sp³-hybridized carbons (Fsp3) is 0.955. The summed E-state index contributed by atoms with van der Waals surface area (Å²) >= 11 is 1.63. The van der Waals surface area contributed by atoms with Crippen LogP contribution in [0.2, 0.25) is 0 Å². The zero-order chi connectivity index (χ0) is 19.1. The molecule has 0 aromatic heterocycles. The summed E-state index contributed by atoms with van der Waals surface area (Å²) in [4.78, 5) is 0. The zero-order valence-corrected chi connectivity index (χ0v) is 21.3. The normalized spacial score (nSPS) is 27.7. The molecule has 0 aliphatic heterocycles. The van der Waals surface area contributed by atoms with Gasteiger partial charge in [0, 0.05) is 0 Å². The molecular formula is C22H42W. The van der Waals surface area contributed by atoms with Crippen LogP contribution in [0, 0.1) is 37.9 Å². The average molecular weight is 490 g/mol. The first kappa shape index (κ1) is 21.6. The first-order valence-electron chi connectivity index (χ1n) is 9.20. The third-order valence-corrected chi connectivity index (χ3v) is 12.7. The fourth-order valence-electron chi connectivity index (χ4n) is 6.22. The first-order valence-corrected chi connectivity index (χ1v) is 10.7. The summed E-state index contributed by atoms with van der Waals surface area (Å²) in [5.74, 6) is 0. The Bertz CT molecular complexity index is 486. The minimum atomic E-state index is 0.198. The molecule has 23 heavy (non-hydrogen) atoms. The maximum absolute atomic E-state index is 2.60. The second-order valence-electron chi connectivity index (χ2n) is 11.4. The van der Waals surface area contributed by atoms with Crippen LogP contribution in [-0.4, -0.2) is 3.90 Å². The molecule has 0 N–H and O–H groups in total. The van der Waals surface area contributed by atoms with Gasteiger partial charge in [-0.25, -0.2) is 0 Å². The van der Waals surface area contributed by atoms with Crippen molar-refractivity contribution in [3.05, 3.63) is 0 Å². The SMILES string of the molecule is C[C](=[W])C(C)(C)C(C)(C)C1(C)C(C)(C)C(C)(C)C(C)(C)C1(C)C. The molecule has 1 saturated carbocycles. The standard InChI is InChI=1S/C22H42.W/c1-15-16(2,3)17(4,5)22(14)20(10,11)18(6,7)19(8,9)21(22,12)13;/h1-14H3;. The summed E-state index contributed by atoms with van der Waals surface area (Å²) in [7, 11) is 0. The third kappa shape index (κ3) is 1.97. The van der Waals surface area contributed by atoms with Crippen molar-refractivity contribution in [3.8, 4) is 0 Å². The van der Waals surface area contributed by atoms with Crippen LogP contribution in [0.1, 0.15) is 96.9 Å². The van der Waals surface area contributed by atoms with Gasteiger partial charge in [-0.2, -0.15) is 0 Å². The van der Waals surface area contributed by atoms with E-state index in [-0.39, 0.29) is 37.9 Å². The Hall–Kier alpha value is 0.558. The number of hydrogen-bond donors (Lipinski definition) is 0. The Balaban J connectivity index is 3.90. The summed E-state index contributed by atoms with van der Waals surface area (Å²) in [5, 5.41) is 0. The van der Waals surface area contributed by atoms with Crippen LogP contribution >= 0.6 is 0 Å². The van der Waals surface area contributed by atoms with E-state index < -0.39 is 0 Å². The van der Waals surface area contributed by atoms with Crippen LogP contribution in [-0.2, 0) is 19.4 Å². The van der Waals surface area contributed by atoms with E-state index in [1.807, 2.05) is 0 Å². The molecule has 136 valence electrons. The number of rotatable bonds is 3. The zero-order valence-electron chi connectivity index (χ0n) is 18.4. The molecule has 1 heteroatoms. The van der Waals surface area contributed by atoms with Crippen molar-refractivity contribution in [2.24, 2.45) is 37.9 Å². The molecule has 0 atom stereocenters. The summed E-state index contributed by atoms with van der Waals surface area (Å²) < 4.78 is 1.62. The van der Waals surface area contributed by atoms with Crippen LogP contribution in [0.15, 0.2) is 0 Å². The van der Waals surface area contributed by atoms with Crippen LogP contribution in [0.25, 0.3) is 0 Å². The predicted molar refractivity (Wildman–Crippen MR) is 101 cm³/mol. The van der Waals surface area contributed by atoms with Gasteiger partial charge in [-0.1, -0.05) is 0 Å². The first-order chi connectivity index (χ1) is 9.69. The quantitative estimate of drug-likeness (QED) is 0.404. The van der Waals surface area contributed by atoms with Crippen molar-refractivity contribution >= 4 is 3.90 Å². The van der Waals surface area contributed by atoms with E-state index in [0.29, 0.717) is 0 Å². The summed E-state index contributed by atoms with van der Waals surface area (Å²) in [5.41, 5.74) is 1.63. The molecule has 0 saturated heterocycles. The summed E-state index contributed by atoms with van der Waals surface area (Å²) in [6.45, 7) is 35.2. The Kier molecular flexibility index (Phi) is 4.74. The van der Waals surface area contributed by atoms with E-state index in [4.69, 9.17) is 0 Å². The second-order valence-corrected chi connectivity index (χ2v) is 13.6. The van der Waals surface area contributed by atoms with Crippen molar-refractivity contribution in [2.75, 3.05) is 0 Å². The van der Waals surface area contributed by atoms with E-state index in [2.05, 4.69) is 96.9 Å². The van der Waals surface area contributed by atoms with Gasteiger partial charge in [0.05, 0.1) is 0 Å². The van der Waals surface area contributed by atoms with E-state index in [9.17, 15) is 0 Å². The van der Waals surface area contributed by atoms with Crippen molar-refractivity contribution in [1.82, 2.24) is 0 Å². The molecular weight excluding hydrogens is 448 g/mol. The van der Waals surface area contributed by atoms with Crippen molar-refractivity contribution < 1.29 is 19.4 Å². The molecule has 0 aromatic rings. The van der Waals surface area contributed by atoms with Gasteiger partial charge in [0.15, 0.2) is 0 Å². The molecule has 1 aliphatic carbocycles. The summed E-state index contributed by atoms with van der Waals surface area (Å²) in [6.07, 6.45) is 0. The van der Waals surface area contributed by atoms with Gasteiger partial charge in [0.2, 0.25) is 0 Å². The molecule has 0 radical (unpaired) electrons. The molecule has 1 fully saturated rings. The molecule has 1 aliphatic rings. The van der Waals surface area contributed by atoms with Crippen molar-refractivity contribution in [3.63, 3.8) is 0 Å². The van der Waals surface area contributed by atoms with Gasteiger partial charge < -0.3 is 0 Å². The molecule has 0 spiro atoms. The van der Waals surface area contributed by atoms with Crippen molar-refractivity contribution in [2.45, 2.75) is 96.9 Å². The average Bonchev–Trinajstić information content (AvgIpc) is 2.39. The Labute approximate surface area is 158 Å². The second kappa shape index (κ2) is 5.05. The van der Waals surface area contributed by atoms with Gasteiger partial charge in [0.25, 0.3) is 0 Å². The Morgan fingerprint density at radius 3 is 1.09 bits per heavy atom. The Morgan fingerprint density at radius 2 is 0.870 bits per heavy atom. The van der Waals surface area contributed by atoms with E-state index in [1.54, 1.807) is 23.3 Å². The molecule has 0 bridgehead atoms. The predicted octanol–water partition coefficient (Wildman–Crippen LogP) is 6.90. The fourth-order valence-corrected chi connectivity index (χ4v) is 7.14. The van der Waals surface area contributed by atoms with Gasteiger partial charge >= 0.3 is 158 Å². The number of hydrogen-bond acceptors (Lipinski definition) is 0. The molecule has 0 unspecified atom stereocenters. The molecule has 1 rings (SSSR count). The molecule has 0 aromatic carbocycles. The van der Waals surface area contributed by atoms with E-state index >= 15 is 0 Å². The molecule has 0 amide bonds. The third-order valence-electron chi connectivity index (χ3n) is 10.9. The Morgan fingerprint density at radius 1 is 0.609 bits per heavy atom. The monoisotopic (exact) mass is 490 g/mol. The van der Waals surface area contributed by atoms with Gasteiger partial charge in [0.1, 0.15) is 0 Å². The van der Waals surface area contributed by atoms with E-state index in [1.165, 1.54) is 0 Å². The molecule has 0 heterocycles. The van der Waals surface area contributed by atoms with Crippen LogP contribution in [0.3, 0.4) is 0 Å². The van der Waals surface area contributed by atoms with E-state index in [0.717, 1.165) is 0 Å². The topological polar surface area (TPSA) is 0 Å². The molecule has 0 nitrogen and oxygen atoms in total. The minimum absolute atomic E-state index is 0.198.